The number of nitrogens with one attached hydrogen (secondary N) is 1. The maximum Gasteiger partial charge on any atom is 0.410 e. The van der Waals surface area contributed by atoms with E-state index < -0.39 is 23.7 Å². The Labute approximate surface area is 187 Å². The molecule has 0 saturated carbocycles. The number of nitrogens with zero attached hydrogens (tertiary/aromatic N) is 1. The summed E-state index contributed by atoms with van der Waals surface area (Å²) in [6.07, 6.45) is 0.841. The van der Waals surface area contributed by atoms with Crippen LogP contribution >= 0.6 is 0 Å². The van der Waals surface area contributed by atoms with Gasteiger partial charge in [-0.15, -0.1) is 0 Å². The summed E-state index contributed by atoms with van der Waals surface area (Å²) in [7, 11) is 1.42. The first-order chi connectivity index (χ1) is 15.1. The van der Waals surface area contributed by atoms with Crippen LogP contribution in [0.5, 0.6) is 5.75 Å². The van der Waals surface area contributed by atoms with Crippen LogP contribution in [0.1, 0.15) is 44.0 Å². The molecule has 1 aliphatic rings. The number of carbonyl (C=O) groups excluding carboxylic acids is 2. The molecule has 0 radical (unpaired) electrons. The Balaban J connectivity index is 1.70. The number of carbonyl (C=O) groups is 3. The lowest BCUT2D eigenvalue weighted by Crippen LogP contribution is -2.45. The van der Waals surface area contributed by atoms with Gasteiger partial charge in [-0.2, -0.15) is 0 Å². The van der Waals surface area contributed by atoms with Crippen LogP contribution in [0.3, 0.4) is 0 Å². The molecular formula is C24H28N2O6. The summed E-state index contributed by atoms with van der Waals surface area (Å²) in [5, 5.41) is 12.1. The van der Waals surface area contributed by atoms with Gasteiger partial charge in [0.25, 0.3) is 0 Å². The van der Waals surface area contributed by atoms with Gasteiger partial charge in [0.1, 0.15) is 23.0 Å². The molecule has 1 aliphatic heterocycles. The van der Waals surface area contributed by atoms with Gasteiger partial charge in [-0.3, -0.25) is 9.69 Å². The number of aromatic carboxylic acids is 1. The summed E-state index contributed by atoms with van der Waals surface area (Å²) in [4.78, 5) is 38.0. The molecule has 32 heavy (non-hydrogen) atoms. The van der Waals surface area contributed by atoms with E-state index in [-0.39, 0.29) is 17.2 Å². The molecule has 1 saturated heterocycles. The Morgan fingerprint density at radius 3 is 2.31 bits per heavy atom. The molecule has 8 heteroatoms. The van der Waals surface area contributed by atoms with Gasteiger partial charge in [-0.05, 0) is 69.0 Å². The third-order valence-corrected chi connectivity index (χ3v) is 5.10. The first kappa shape index (κ1) is 23.1. The minimum Gasteiger partial charge on any atom is -0.496 e. The van der Waals surface area contributed by atoms with E-state index in [4.69, 9.17) is 9.47 Å². The molecule has 2 aromatic carbocycles. The van der Waals surface area contributed by atoms with Crippen molar-refractivity contribution >= 4 is 23.7 Å². The lowest BCUT2D eigenvalue weighted by atomic mass is 10.0. The van der Waals surface area contributed by atoms with E-state index in [1.165, 1.54) is 18.1 Å². The third-order valence-electron chi connectivity index (χ3n) is 5.10. The normalized spacial score (nSPS) is 15.9. The van der Waals surface area contributed by atoms with Crippen LogP contribution in [0.4, 0.5) is 10.5 Å². The van der Waals surface area contributed by atoms with Gasteiger partial charge >= 0.3 is 12.1 Å². The molecular weight excluding hydrogens is 412 g/mol. The second kappa shape index (κ2) is 9.30. The second-order valence-corrected chi connectivity index (χ2v) is 8.62. The van der Waals surface area contributed by atoms with Crippen LogP contribution in [-0.2, 0) is 9.53 Å². The van der Waals surface area contributed by atoms with Gasteiger partial charge < -0.3 is 19.9 Å². The van der Waals surface area contributed by atoms with Crippen molar-refractivity contribution in [3.05, 3.63) is 48.0 Å². The number of rotatable bonds is 5. The fourth-order valence-electron chi connectivity index (χ4n) is 3.60. The number of hydrogen-bond acceptors (Lipinski definition) is 5. The highest BCUT2D eigenvalue weighted by molar-refractivity contribution is 5.97. The van der Waals surface area contributed by atoms with Gasteiger partial charge in [0, 0.05) is 12.2 Å². The fraction of sp³-hybridized carbons (Fsp3) is 0.375. The molecule has 0 unspecified atom stereocenters. The van der Waals surface area contributed by atoms with E-state index in [9.17, 15) is 19.5 Å². The molecule has 2 aromatic rings. The SMILES string of the molecule is COc1cc(-c2ccc(NC(=O)[C@H]3CCCN3C(=O)OC(C)(C)C)cc2)ccc1C(=O)O. The highest BCUT2D eigenvalue weighted by atomic mass is 16.6. The number of methoxy groups -OCH3 is 1. The average molecular weight is 440 g/mol. The molecule has 0 bridgehead atoms. The Hall–Kier alpha value is -3.55. The molecule has 2 amide bonds. The first-order valence-corrected chi connectivity index (χ1v) is 10.4. The number of anilines is 1. The van der Waals surface area contributed by atoms with Crippen LogP contribution in [0.15, 0.2) is 42.5 Å². The first-order valence-electron chi connectivity index (χ1n) is 10.4. The van der Waals surface area contributed by atoms with Crippen molar-refractivity contribution in [1.82, 2.24) is 4.90 Å². The fourth-order valence-corrected chi connectivity index (χ4v) is 3.60. The number of amides is 2. The predicted molar refractivity (Wildman–Crippen MR) is 120 cm³/mol. The van der Waals surface area contributed by atoms with Crippen molar-refractivity contribution in [2.75, 3.05) is 19.0 Å². The number of likely N-dealkylation sites (tertiary alicyclic amines) is 1. The van der Waals surface area contributed by atoms with E-state index in [0.29, 0.717) is 18.7 Å². The Morgan fingerprint density at radius 2 is 1.72 bits per heavy atom. The molecule has 1 atom stereocenters. The predicted octanol–water partition coefficient (Wildman–Crippen LogP) is 4.40. The zero-order valence-corrected chi connectivity index (χ0v) is 18.7. The molecule has 1 heterocycles. The van der Waals surface area contributed by atoms with E-state index >= 15 is 0 Å². The molecule has 0 aliphatic carbocycles. The summed E-state index contributed by atoms with van der Waals surface area (Å²) in [5.41, 5.74) is 1.70. The third kappa shape index (κ3) is 5.38. The number of ether oxygens (including phenoxy) is 2. The summed E-state index contributed by atoms with van der Waals surface area (Å²) < 4.78 is 10.6. The quantitative estimate of drug-likeness (QED) is 0.714. The Bertz CT molecular complexity index is 1010. The Kier molecular flexibility index (Phi) is 6.72. The van der Waals surface area contributed by atoms with Crippen LogP contribution < -0.4 is 10.1 Å². The smallest absolute Gasteiger partial charge is 0.410 e. The zero-order valence-electron chi connectivity index (χ0n) is 18.7. The van der Waals surface area contributed by atoms with Crippen molar-refractivity contribution in [2.24, 2.45) is 0 Å². The van der Waals surface area contributed by atoms with E-state index in [1.807, 2.05) is 12.1 Å². The average Bonchev–Trinajstić information content (AvgIpc) is 3.23. The van der Waals surface area contributed by atoms with Crippen LogP contribution in [0, 0.1) is 0 Å². The topological polar surface area (TPSA) is 105 Å². The molecule has 2 N–H and O–H groups in total. The lowest BCUT2D eigenvalue weighted by Gasteiger charge is -2.28. The minimum absolute atomic E-state index is 0.0891. The summed E-state index contributed by atoms with van der Waals surface area (Å²) in [6, 6.07) is 11.5. The second-order valence-electron chi connectivity index (χ2n) is 8.62. The number of hydrogen-bond donors (Lipinski definition) is 2. The summed E-state index contributed by atoms with van der Waals surface area (Å²) in [5.74, 6) is -1.04. The van der Waals surface area contributed by atoms with Gasteiger partial charge in [-0.25, -0.2) is 9.59 Å². The number of carboxylic acids is 1. The molecule has 3 rings (SSSR count). The monoisotopic (exact) mass is 440 g/mol. The molecule has 1 fully saturated rings. The van der Waals surface area contributed by atoms with Crippen LogP contribution in [-0.4, -0.2) is 53.3 Å². The van der Waals surface area contributed by atoms with Crippen LogP contribution in [0.25, 0.3) is 11.1 Å². The summed E-state index contributed by atoms with van der Waals surface area (Å²) in [6.45, 7) is 5.87. The standard InChI is InChI=1S/C24H28N2O6/c1-24(2,3)32-23(30)26-13-5-6-19(26)21(27)25-17-10-7-15(8-11-17)16-9-12-18(22(28)29)20(14-16)31-4/h7-12,14,19H,5-6,13H2,1-4H3,(H,25,27)(H,28,29)/t19-/m1/s1. The molecule has 8 nitrogen and oxygen atoms in total. The molecule has 0 aromatic heterocycles. The lowest BCUT2D eigenvalue weighted by molar-refractivity contribution is -0.120. The van der Waals surface area contributed by atoms with Gasteiger partial charge in [0.2, 0.25) is 5.91 Å². The Morgan fingerprint density at radius 1 is 1.06 bits per heavy atom. The van der Waals surface area contributed by atoms with E-state index in [0.717, 1.165) is 17.5 Å². The highest BCUT2D eigenvalue weighted by Crippen LogP contribution is 2.29. The molecule has 0 spiro atoms. The molecule has 170 valence electrons. The van der Waals surface area contributed by atoms with E-state index in [1.54, 1.807) is 45.0 Å². The van der Waals surface area contributed by atoms with Gasteiger partial charge in [-0.1, -0.05) is 18.2 Å². The van der Waals surface area contributed by atoms with E-state index in [2.05, 4.69) is 5.32 Å². The maximum atomic E-state index is 12.8. The number of carboxylic acid groups (broad SMARTS) is 1. The number of benzene rings is 2. The summed E-state index contributed by atoms with van der Waals surface area (Å²) >= 11 is 0. The maximum absolute atomic E-state index is 12.8. The van der Waals surface area contributed by atoms with Crippen molar-refractivity contribution in [2.45, 2.75) is 45.3 Å². The van der Waals surface area contributed by atoms with Crippen LogP contribution in [0.2, 0.25) is 0 Å². The van der Waals surface area contributed by atoms with Gasteiger partial charge in [0.15, 0.2) is 0 Å². The van der Waals surface area contributed by atoms with Gasteiger partial charge in [0.05, 0.1) is 7.11 Å². The van der Waals surface area contributed by atoms with Crippen molar-refractivity contribution in [1.29, 1.82) is 0 Å². The largest absolute Gasteiger partial charge is 0.496 e. The van der Waals surface area contributed by atoms with Crippen molar-refractivity contribution in [3.63, 3.8) is 0 Å². The highest BCUT2D eigenvalue weighted by Gasteiger charge is 2.36. The van der Waals surface area contributed by atoms with Crippen molar-refractivity contribution in [3.8, 4) is 16.9 Å². The minimum atomic E-state index is -1.06. The van der Waals surface area contributed by atoms with Crippen molar-refractivity contribution < 1.29 is 29.0 Å². The zero-order chi connectivity index (χ0) is 23.5.